The topological polar surface area (TPSA) is 24.5 Å². The van der Waals surface area contributed by atoms with Crippen LogP contribution in [0.5, 0.6) is 0 Å². The van der Waals surface area contributed by atoms with Gasteiger partial charge in [0.25, 0.3) is 0 Å². The van der Waals surface area contributed by atoms with Crippen molar-refractivity contribution in [2.75, 3.05) is 45.9 Å². The molecule has 1 fully saturated rings. The van der Waals surface area contributed by atoms with Crippen LogP contribution in [-0.4, -0.2) is 50.8 Å². The molecule has 0 atom stereocenters. The molecule has 0 unspecified atom stereocenters. The van der Waals surface area contributed by atoms with Gasteiger partial charge in [-0.25, -0.2) is 0 Å². The monoisotopic (exact) mass is 200 g/mol. The van der Waals surface area contributed by atoms with E-state index in [-0.39, 0.29) is 0 Å². The Balaban J connectivity index is 2.25. The summed E-state index contributed by atoms with van der Waals surface area (Å²) in [7, 11) is 0. The molecule has 0 saturated carbocycles. The van der Waals surface area contributed by atoms with Crippen molar-refractivity contribution in [2.24, 2.45) is 5.41 Å². The number of hydrogen-bond acceptors (Lipinski definition) is 3. The van der Waals surface area contributed by atoms with Crippen LogP contribution in [0.2, 0.25) is 0 Å². The van der Waals surface area contributed by atoms with E-state index in [1.165, 1.54) is 6.54 Å². The number of ether oxygens (including phenoxy) is 1. The van der Waals surface area contributed by atoms with Gasteiger partial charge < -0.3 is 10.1 Å². The molecule has 14 heavy (non-hydrogen) atoms. The first kappa shape index (κ1) is 12.0. The molecule has 0 radical (unpaired) electrons. The fourth-order valence-corrected chi connectivity index (χ4v) is 1.88. The third-order valence-corrected chi connectivity index (χ3v) is 2.61. The second kappa shape index (κ2) is 5.69. The van der Waals surface area contributed by atoms with Crippen molar-refractivity contribution in [2.45, 2.75) is 20.8 Å². The molecular formula is C11H24N2O. The van der Waals surface area contributed by atoms with Crippen molar-refractivity contribution >= 4 is 0 Å². The molecule has 1 aliphatic rings. The number of rotatable bonds is 5. The summed E-state index contributed by atoms with van der Waals surface area (Å²) in [5.41, 5.74) is 0.368. The SMILES string of the molecule is CCNCC(C)(C)CN1CCOCC1. The molecule has 3 heteroatoms. The lowest BCUT2D eigenvalue weighted by atomic mass is 9.92. The molecule has 0 aromatic carbocycles. The van der Waals surface area contributed by atoms with E-state index in [0.29, 0.717) is 5.41 Å². The van der Waals surface area contributed by atoms with Crippen molar-refractivity contribution in [1.82, 2.24) is 10.2 Å². The molecule has 1 aliphatic heterocycles. The van der Waals surface area contributed by atoms with Gasteiger partial charge in [-0.05, 0) is 12.0 Å². The first-order valence-corrected chi connectivity index (χ1v) is 5.65. The zero-order valence-electron chi connectivity index (χ0n) is 9.81. The Morgan fingerprint density at radius 3 is 2.50 bits per heavy atom. The Hall–Kier alpha value is -0.120. The molecule has 0 bridgehead atoms. The number of nitrogens with one attached hydrogen (secondary N) is 1. The molecule has 1 rings (SSSR count). The van der Waals surface area contributed by atoms with E-state index in [1.54, 1.807) is 0 Å². The highest BCUT2D eigenvalue weighted by Gasteiger charge is 2.22. The Labute approximate surface area is 87.8 Å². The van der Waals surface area contributed by atoms with Gasteiger partial charge in [-0.15, -0.1) is 0 Å². The number of nitrogens with zero attached hydrogens (tertiary/aromatic N) is 1. The van der Waals surface area contributed by atoms with Crippen molar-refractivity contribution in [3.63, 3.8) is 0 Å². The van der Waals surface area contributed by atoms with Gasteiger partial charge in [0.1, 0.15) is 0 Å². The van der Waals surface area contributed by atoms with Crippen molar-refractivity contribution in [1.29, 1.82) is 0 Å². The quantitative estimate of drug-likeness (QED) is 0.715. The molecule has 1 saturated heterocycles. The lowest BCUT2D eigenvalue weighted by Gasteiger charge is -2.34. The minimum atomic E-state index is 0.368. The fraction of sp³-hybridized carbons (Fsp3) is 1.00. The van der Waals surface area contributed by atoms with E-state index in [1.807, 2.05) is 0 Å². The third-order valence-electron chi connectivity index (χ3n) is 2.61. The van der Waals surface area contributed by atoms with Crippen LogP contribution in [0.4, 0.5) is 0 Å². The Kier molecular flexibility index (Phi) is 4.85. The van der Waals surface area contributed by atoms with Crippen LogP contribution in [0.25, 0.3) is 0 Å². The molecule has 0 spiro atoms. The van der Waals surface area contributed by atoms with Crippen LogP contribution in [-0.2, 0) is 4.74 Å². The summed E-state index contributed by atoms with van der Waals surface area (Å²) in [6.07, 6.45) is 0. The highest BCUT2D eigenvalue weighted by molar-refractivity contribution is 4.77. The smallest absolute Gasteiger partial charge is 0.0594 e. The molecule has 3 nitrogen and oxygen atoms in total. The van der Waals surface area contributed by atoms with Crippen LogP contribution >= 0.6 is 0 Å². The summed E-state index contributed by atoms with van der Waals surface area (Å²) in [6, 6.07) is 0. The standard InChI is InChI=1S/C11H24N2O/c1-4-12-9-11(2,3)10-13-5-7-14-8-6-13/h12H,4-10H2,1-3H3. The van der Waals surface area contributed by atoms with Crippen molar-refractivity contribution in [3.05, 3.63) is 0 Å². The van der Waals surface area contributed by atoms with Crippen LogP contribution in [0, 0.1) is 5.41 Å². The van der Waals surface area contributed by atoms with Gasteiger partial charge in [0.05, 0.1) is 13.2 Å². The average Bonchev–Trinajstić information content (AvgIpc) is 2.16. The minimum Gasteiger partial charge on any atom is -0.379 e. The van der Waals surface area contributed by atoms with Gasteiger partial charge in [0, 0.05) is 26.2 Å². The number of morpholine rings is 1. The first-order valence-electron chi connectivity index (χ1n) is 5.65. The van der Waals surface area contributed by atoms with E-state index in [9.17, 15) is 0 Å². The summed E-state index contributed by atoms with van der Waals surface area (Å²) in [6.45, 7) is 14.1. The average molecular weight is 200 g/mol. The minimum absolute atomic E-state index is 0.368. The molecule has 0 aromatic rings. The summed E-state index contributed by atoms with van der Waals surface area (Å²) in [5, 5.41) is 3.42. The molecular weight excluding hydrogens is 176 g/mol. The Morgan fingerprint density at radius 2 is 1.93 bits per heavy atom. The predicted molar refractivity (Wildman–Crippen MR) is 59.6 cm³/mol. The third kappa shape index (κ3) is 4.40. The largest absolute Gasteiger partial charge is 0.379 e. The summed E-state index contributed by atoms with van der Waals surface area (Å²) in [4.78, 5) is 2.50. The zero-order chi connectivity index (χ0) is 10.4. The Bertz CT molecular complexity index is 153. The summed E-state index contributed by atoms with van der Waals surface area (Å²) in [5.74, 6) is 0. The molecule has 0 amide bonds. The molecule has 0 aliphatic carbocycles. The highest BCUT2D eigenvalue weighted by Crippen LogP contribution is 2.16. The molecule has 1 heterocycles. The van der Waals surface area contributed by atoms with Crippen LogP contribution in [0.1, 0.15) is 20.8 Å². The van der Waals surface area contributed by atoms with Crippen LogP contribution in [0.15, 0.2) is 0 Å². The lowest BCUT2D eigenvalue weighted by molar-refractivity contribution is 0.0214. The molecule has 84 valence electrons. The predicted octanol–water partition coefficient (Wildman–Crippen LogP) is 0.954. The Morgan fingerprint density at radius 1 is 1.29 bits per heavy atom. The van der Waals surface area contributed by atoms with Gasteiger partial charge in [0.15, 0.2) is 0 Å². The maximum absolute atomic E-state index is 5.34. The van der Waals surface area contributed by atoms with E-state index < -0.39 is 0 Å². The first-order chi connectivity index (χ1) is 6.64. The normalized spacial score (nSPS) is 19.9. The van der Waals surface area contributed by atoms with Gasteiger partial charge in [-0.2, -0.15) is 0 Å². The summed E-state index contributed by atoms with van der Waals surface area (Å²) < 4.78 is 5.34. The van der Waals surface area contributed by atoms with Gasteiger partial charge in [-0.3, -0.25) is 4.90 Å². The second-order valence-electron chi connectivity index (χ2n) is 4.83. The fourth-order valence-electron chi connectivity index (χ4n) is 1.88. The van der Waals surface area contributed by atoms with Crippen molar-refractivity contribution in [3.8, 4) is 0 Å². The molecule has 1 N–H and O–H groups in total. The highest BCUT2D eigenvalue weighted by atomic mass is 16.5. The maximum Gasteiger partial charge on any atom is 0.0594 e. The zero-order valence-corrected chi connectivity index (χ0v) is 9.81. The van der Waals surface area contributed by atoms with E-state index in [0.717, 1.165) is 39.4 Å². The summed E-state index contributed by atoms with van der Waals surface area (Å²) >= 11 is 0. The van der Waals surface area contributed by atoms with Crippen LogP contribution < -0.4 is 5.32 Å². The molecule has 0 aromatic heterocycles. The van der Waals surface area contributed by atoms with Gasteiger partial charge in [-0.1, -0.05) is 20.8 Å². The van der Waals surface area contributed by atoms with Gasteiger partial charge >= 0.3 is 0 Å². The van der Waals surface area contributed by atoms with E-state index in [4.69, 9.17) is 4.74 Å². The van der Waals surface area contributed by atoms with E-state index in [2.05, 4.69) is 31.0 Å². The maximum atomic E-state index is 5.34. The van der Waals surface area contributed by atoms with Crippen molar-refractivity contribution < 1.29 is 4.74 Å². The van der Waals surface area contributed by atoms with E-state index >= 15 is 0 Å². The number of hydrogen-bond donors (Lipinski definition) is 1. The second-order valence-corrected chi connectivity index (χ2v) is 4.83. The lowest BCUT2D eigenvalue weighted by Crippen LogP contribution is -2.45. The van der Waals surface area contributed by atoms with Crippen LogP contribution in [0.3, 0.4) is 0 Å². The van der Waals surface area contributed by atoms with Gasteiger partial charge in [0.2, 0.25) is 0 Å².